The second-order valence-corrected chi connectivity index (χ2v) is 11.7. The molecule has 0 rings (SSSR count). The Balaban J connectivity index is 3.47. The molecule has 0 fully saturated rings. The van der Waals surface area contributed by atoms with Crippen molar-refractivity contribution in [1.82, 2.24) is 5.32 Å². The molecule has 0 amide bonds. The Morgan fingerprint density at radius 3 is 1.28 bits per heavy atom. The SMILES string of the molecule is CCCCCCCCCCNCCCCCCCOCCC(CCCCCC)CCCCCCCC. The minimum atomic E-state index is 0.909. The lowest BCUT2D eigenvalue weighted by atomic mass is 9.92. The zero-order valence-electron chi connectivity index (χ0n) is 25.7. The van der Waals surface area contributed by atoms with Crippen molar-refractivity contribution < 1.29 is 4.74 Å². The highest BCUT2D eigenvalue weighted by Crippen LogP contribution is 2.22. The van der Waals surface area contributed by atoms with Crippen molar-refractivity contribution in [2.45, 2.75) is 188 Å². The van der Waals surface area contributed by atoms with Gasteiger partial charge in [-0.1, -0.05) is 162 Å². The molecule has 2 nitrogen and oxygen atoms in total. The molecular formula is C34H71NO. The first-order valence-corrected chi connectivity index (χ1v) is 17.1. The van der Waals surface area contributed by atoms with E-state index in [2.05, 4.69) is 26.1 Å². The molecule has 1 N–H and O–H groups in total. The molecule has 218 valence electrons. The summed E-state index contributed by atoms with van der Waals surface area (Å²) in [6.45, 7) is 11.3. The smallest absolute Gasteiger partial charge is 0.0468 e. The van der Waals surface area contributed by atoms with E-state index in [1.54, 1.807) is 0 Å². The van der Waals surface area contributed by atoms with Gasteiger partial charge >= 0.3 is 0 Å². The zero-order chi connectivity index (χ0) is 26.2. The Kier molecular flexibility index (Phi) is 32.9. The molecule has 0 aliphatic carbocycles. The lowest BCUT2D eigenvalue weighted by molar-refractivity contribution is 0.112. The van der Waals surface area contributed by atoms with Crippen LogP contribution in [0.1, 0.15) is 188 Å². The molecule has 0 bridgehead atoms. The van der Waals surface area contributed by atoms with E-state index in [-0.39, 0.29) is 0 Å². The van der Waals surface area contributed by atoms with Crippen molar-refractivity contribution in [3.63, 3.8) is 0 Å². The van der Waals surface area contributed by atoms with Gasteiger partial charge in [0.25, 0.3) is 0 Å². The van der Waals surface area contributed by atoms with Crippen LogP contribution in [0.4, 0.5) is 0 Å². The predicted molar refractivity (Wildman–Crippen MR) is 164 cm³/mol. The summed E-state index contributed by atoms with van der Waals surface area (Å²) in [6, 6.07) is 0. The summed E-state index contributed by atoms with van der Waals surface area (Å²) in [7, 11) is 0. The monoisotopic (exact) mass is 510 g/mol. The first kappa shape index (κ1) is 35.9. The molecule has 0 aromatic rings. The summed E-state index contributed by atoms with van der Waals surface area (Å²) in [6.07, 6.45) is 36.4. The lowest BCUT2D eigenvalue weighted by Gasteiger charge is -2.17. The van der Waals surface area contributed by atoms with E-state index in [4.69, 9.17) is 4.74 Å². The van der Waals surface area contributed by atoms with Gasteiger partial charge in [0.05, 0.1) is 0 Å². The second-order valence-electron chi connectivity index (χ2n) is 11.7. The highest BCUT2D eigenvalue weighted by Gasteiger charge is 2.09. The minimum Gasteiger partial charge on any atom is -0.381 e. The molecule has 1 atom stereocenters. The van der Waals surface area contributed by atoms with Gasteiger partial charge in [0.1, 0.15) is 0 Å². The molecule has 36 heavy (non-hydrogen) atoms. The highest BCUT2D eigenvalue weighted by molar-refractivity contribution is 4.61. The third-order valence-corrected chi connectivity index (χ3v) is 7.95. The quantitative estimate of drug-likeness (QED) is 0.0910. The van der Waals surface area contributed by atoms with Gasteiger partial charge in [0.15, 0.2) is 0 Å². The van der Waals surface area contributed by atoms with Crippen molar-refractivity contribution in [2.75, 3.05) is 26.3 Å². The zero-order valence-corrected chi connectivity index (χ0v) is 25.7. The third kappa shape index (κ3) is 30.1. The summed E-state index contributed by atoms with van der Waals surface area (Å²) < 4.78 is 6.06. The van der Waals surface area contributed by atoms with E-state index >= 15 is 0 Å². The molecule has 2 heteroatoms. The summed E-state index contributed by atoms with van der Waals surface area (Å²) >= 11 is 0. The largest absolute Gasteiger partial charge is 0.381 e. The van der Waals surface area contributed by atoms with Crippen LogP contribution in [0.5, 0.6) is 0 Å². The van der Waals surface area contributed by atoms with Crippen LogP contribution in [0.3, 0.4) is 0 Å². The normalized spacial score (nSPS) is 12.4. The maximum atomic E-state index is 6.06. The van der Waals surface area contributed by atoms with Crippen molar-refractivity contribution in [1.29, 1.82) is 0 Å². The second kappa shape index (κ2) is 32.9. The van der Waals surface area contributed by atoms with Crippen LogP contribution in [0.25, 0.3) is 0 Å². The van der Waals surface area contributed by atoms with Crippen LogP contribution < -0.4 is 5.32 Å². The molecule has 0 heterocycles. The number of hydrogen-bond donors (Lipinski definition) is 1. The maximum absolute atomic E-state index is 6.06. The lowest BCUT2D eigenvalue weighted by Crippen LogP contribution is -2.16. The van der Waals surface area contributed by atoms with E-state index in [0.29, 0.717) is 0 Å². The Hall–Kier alpha value is -0.0800. The number of nitrogens with one attached hydrogen (secondary N) is 1. The molecule has 0 saturated heterocycles. The number of ether oxygens (including phenoxy) is 1. The summed E-state index contributed by atoms with van der Waals surface area (Å²) in [5.74, 6) is 0.909. The maximum Gasteiger partial charge on any atom is 0.0468 e. The number of hydrogen-bond acceptors (Lipinski definition) is 2. The molecule has 0 radical (unpaired) electrons. The van der Waals surface area contributed by atoms with Crippen LogP contribution in [-0.4, -0.2) is 26.3 Å². The molecule has 0 saturated carbocycles. The Labute approximate surface area is 229 Å². The fraction of sp³-hybridized carbons (Fsp3) is 1.00. The summed E-state index contributed by atoms with van der Waals surface area (Å²) in [5, 5.41) is 3.65. The van der Waals surface area contributed by atoms with E-state index < -0.39 is 0 Å². The topological polar surface area (TPSA) is 21.3 Å². The van der Waals surface area contributed by atoms with Crippen molar-refractivity contribution in [3.8, 4) is 0 Å². The average molecular weight is 510 g/mol. The van der Waals surface area contributed by atoms with Crippen LogP contribution in [0.2, 0.25) is 0 Å². The average Bonchev–Trinajstić information content (AvgIpc) is 2.89. The molecule has 0 aromatic carbocycles. The Morgan fingerprint density at radius 2 is 0.778 bits per heavy atom. The van der Waals surface area contributed by atoms with Gasteiger partial charge in [0, 0.05) is 13.2 Å². The number of rotatable bonds is 32. The molecular weight excluding hydrogens is 438 g/mol. The van der Waals surface area contributed by atoms with Crippen LogP contribution in [0, 0.1) is 5.92 Å². The van der Waals surface area contributed by atoms with E-state index in [9.17, 15) is 0 Å². The fourth-order valence-electron chi connectivity index (χ4n) is 5.35. The molecule has 0 aliphatic heterocycles. The first-order valence-electron chi connectivity index (χ1n) is 17.1. The van der Waals surface area contributed by atoms with E-state index in [1.807, 2.05) is 0 Å². The van der Waals surface area contributed by atoms with Crippen molar-refractivity contribution in [3.05, 3.63) is 0 Å². The molecule has 0 aliphatic rings. The number of unbranched alkanes of at least 4 members (excludes halogenated alkanes) is 19. The van der Waals surface area contributed by atoms with Crippen LogP contribution in [0.15, 0.2) is 0 Å². The molecule has 0 aromatic heterocycles. The van der Waals surface area contributed by atoms with Crippen molar-refractivity contribution in [2.24, 2.45) is 5.92 Å². The fourth-order valence-corrected chi connectivity index (χ4v) is 5.35. The van der Waals surface area contributed by atoms with Gasteiger partial charge in [-0.2, -0.15) is 0 Å². The van der Waals surface area contributed by atoms with E-state index in [1.165, 1.54) is 180 Å². The van der Waals surface area contributed by atoms with Gasteiger partial charge in [-0.25, -0.2) is 0 Å². The summed E-state index contributed by atoms with van der Waals surface area (Å²) in [5.41, 5.74) is 0. The third-order valence-electron chi connectivity index (χ3n) is 7.95. The Morgan fingerprint density at radius 1 is 0.389 bits per heavy atom. The molecule has 0 spiro atoms. The summed E-state index contributed by atoms with van der Waals surface area (Å²) in [4.78, 5) is 0. The van der Waals surface area contributed by atoms with Crippen LogP contribution >= 0.6 is 0 Å². The van der Waals surface area contributed by atoms with E-state index in [0.717, 1.165) is 19.1 Å². The predicted octanol–water partition coefficient (Wildman–Crippen LogP) is 11.4. The van der Waals surface area contributed by atoms with Crippen LogP contribution in [-0.2, 0) is 4.74 Å². The van der Waals surface area contributed by atoms with Gasteiger partial charge in [-0.3, -0.25) is 0 Å². The minimum absolute atomic E-state index is 0.909. The van der Waals surface area contributed by atoms with Gasteiger partial charge < -0.3 is 10.1 Å². The first-order chi connectivity index (χ1) is 17.8. The molecule has 1 unspecified atom stereocenters. The van der Waals surface area contributed by atoms with Gasteiger partial charge in [0.2, 0.25) is 0 Å². The highest BCUT2D eigenvalue weighted by atomic mass is 16.5. The Bertz CT molecular complexity index is 372. The van der Waals surface area contributed by atoms with Gasteiger partial charge in [-0.05, 0) is 44.7 Å². The van der Waals surface area contributed by atoms with Gasteiger partial charge in [-0.15, -0.1) is 0 Å². The van der Waals surface area contributed by atoms with Crippen molar-refractivity contribution >= 4 is 0 Å². The standard InChI is InChI=1S/C34H71NO/c1-4-7-10-13-15-16-19-24-30-35-31-25-20-17-21-26-32-36-33-29-34(27-22-12-9-6-3)28-23-18-14-11-8-5-2/h34-35H,4-33H2,1-3H3.